The smallest absolute Gasteiger partial charge is 0.247 e. The first-order chi connectivity index (χ1) is 12.7. The predicted molar refractivity (Wildman–Crippen MR) is 99.8 cm³/mol. The average molecular weight is 341 g/mol. The third-order valence-electron chi connectivity index (χ3n) is 3.29. The largest absolute Gasteiger partial charge is 0.438 e. The number of aromatic nitrogens is 2. The van der Waals surface area contributed by atoms with Crippen molar-refractivity contribution in [1.29, 1.82) is 0 Å². The SMILES string of the molecule is C=CC(=O)Nc1cccc(Oc2ncncc2C#Cc2ccccc2)c1. The van der Waals surface area contributed by atoms with Crippen LogP contribution in [0.1, 0.15) is 11.1 Å². The molecule has 0 unspecified atom stereocenters. The van der Waals surface area contributed by atoms with Crippen molar-refractivity contribution in [1.82, 2.24) is 9.97 Å². The second-order valence-corrected chi connectivity index (χ2v) is 5.18. The van der Waals surface area contributed by atoms with Gasteiger partial charge in [0.1, 0.15) is 17.6 Å². The highest BCUT2D eigenvalue weighted by Crippen LogP contribution is 2.24. The Balaban J connectivity index is 1.83. The Morgan fingerprint density at radius 1 is 1.12 bits per heavy atom. The zero-order valence-electron chi connectivity index (χ0n) is 13.8. The second kappa shape index (κ2) is 8.27. The van der Waals surface area contributed by atoms with E-state index in [-0.39, 0.29) is 5.91 Å². The van der Waals surface area contributed by atoms with E-state index in [2.05, 4.69) is 33.7 Å². The third kappa shape index (κ3) is 4.56. The zero-order valence-corrected chi connectivity index (χ0v) is 13.8. The van der Waals surface area contributed by atoms with Crippen LogP contribution in [0.3, 0.4) is 0 Å². The number of hydrogen-bond acceptors (Lipinski definition) is 4. The van der Waals surface area contributed by atoms with Gasteiger partial charge in [-0.05, 0) is 30.3 Å². The number of hydrogen-bond donors (Lipinski definition) is 1. The molecule has 0 aliphatic heterocycles. The van der Waals surface area contributed by atoms with Crippen LogP contribution in [0.5, 0.6) is 11.6 Å². The number of carbonyl (C=O) groups excluding carboxylic acids is 1. The summed E-state index contributed by atoms with van der Waals surface area (Å²) in [5, 5.41) is 2.68. The number of nitrogens with one attached hydrogen (secondary N) is 1. The highest BCUT2D eigenvalue weighted by molar-refractivity contribution is 5.98. The van der Waals surface area contributed by atoms with Crippen LogP contribution in [-0.2, 0) is 4.79 Å². The van der Waals surface area contributed by atoms with Gasteiger partial charge in [-0.1, -0.05) is 42.7 Å². The topological polar surface area (TPSA) is 64.1 Å². The van der Waals surface area contributed by atoms with E-state index in [9.17, 15) is 4.79 Å². The van der Waals surface area contributed by atoms with Gasteiger partial charge in [-0.3, -0.25) is 4.79 Å². The number of anilines is 1. The maximum atomic E-state index is 11.4. The van der Waals surface area contributed by atoms with Crippen molar-refractivity contribution in [2.45, 2.75) is 0 Å². The maximum absolute atomic E-state index is 11.4. The molecule has 2 aromatic carbocycles. The molecule has 3 aromatic rings. The maximum Gasteiger partial charge on any atom is 0.247 e. The van der Waals surface area contributed by atoms with Crippen molar-refractivity contribution in [3.63, 3.8) is 0 Å². The first kappa shape index (κ1) is 16.9. The molecule has 0 aliphatic rings. The monoisotopic (exact) mass is 341 g/mol. The average Bonchev–Trinajstić information content (AvgIpc) is 2.68. The summed E-state index contributed by atoms with van der Waals surface area (Å²) >= 11 is 0. The lowest BCUT2D eigenvalue weighted by molar-refractivity contribution is -0.111. The molecule has 0 spiro atoms. The summed E-state index contributed by atoms with van der Waals surface area (Å²) in [6.07, 6.45) is 4.20. The van der Waals surface area contributed by atoms with Crippen LogP contribution in [0.25, 0.3) is 0 Å². The number of rotatable bonds is 4. The van der Waals surface area contributed by atoms with E-state index in [0.29, 0.717) is 22.9 Å². The molecule has 3 rings (SSSR count). The fourth-order valence-electron chi connectivity index (χ4n) is 2.09. The van der Waals surface area contributed by atoms with Crippen LogP contribution < -0.4 is 10.1 Å². The standard InChI is InChI=1S/C21H15N3O2/c1-2-20(25)24-18-9-6-10-19(13-18)26-21-17(14-22-15-23-21)12-11-16-7-4-3-5-8-16/h2-10,13-15H,1H2,(H,24,25). The van der Waals surface area contributed by atoms with E-state index in [1.54, 1.807) is 30.5 Å². The molecule has 126 valence electrons. The molecule has 0 saturated heterocycles. The lowest BCUT2D eigenvalue weighted by Crippen LogP contribution is -2.07. The van der Waals surface area contributed by atoms with Crippen molar-refractivity contribution in [2.75, 3.05) is 5.32 Å². The number of benzene rings is 2. The van der Waals surface area contributed by atoms with Crippen molar-refractivity contribution in [3.8, 4) is 23.5 Å². The number of ether oxygens (including phenoxy) is 1. The Bertz CT molecular complexity index is 989. The van der Waals surface area contributed by atoms with Crippen LogP contribution in [0.15, 0.2) is 79.8 Å². The van der Waals surface area contributed by atoms with Gasteiger partial charge in [-0.25, -0.2) is 9.97 Å². The summed E-state index contributed by atoms with van der Waals surface area (Å²) in [7, 11) is 0. The molecular weight excluding hydrogens is 326 g/mol. The van der Waals surface area contributed by atoms with Crippen LogP contribution in [0, 0.1) is 11.8 Å². The Morgan fingerprint density at radius 2 is 1.96 bits per heavy atom. The molecule has 1 amide bonds. The van der Waals surface area contributed by atoms with Gasteiger partial charge in [0, 0.05) is 23.5 Å². The molecule has 26 heavy (non-hydrogen) atoms. The predicted octanol–water partition coefficient (Wildman–Crippen LogP) is 3.79. The minimum atomic E-state index is -0.293. The van der Waals surface area contributed by atoms with Crippen molar-refractivity contribution in [3.05, 3.63) is 90.9 Å². The van der Waals surface area contributed by atoms with Gasteiger partial charge in [0.2, 0.25) is 11.8 Å². The molecule has 5 nitrogen and oxygen atoms in total. The minimum Gasteiger partial charge on any atom is -0.438 e. The fourth-order valence-corrected chi connectivity index (χ4v) is 2.09. The van der Waals surface area contributed by atoms with E-state index >= 15 is 0 Å². The molecule has 1 aromatic heterocycles. The lowest BCUT2D eigenvalue weighted by atomic mass is 10.2. The summed E-state index contributed by atoms with van der Waals surface area (Å²) in [5.74, 6) is 6.65. The van der Waals surface area contributed by atoms with E-state index in [1.807, 2.05) is 30.3 Å². The number of carbonyl (C=O) groups is 1. The van der Waals surface area contributed by atoms with E-state index < -0.39 is 0 Å². The summed E-state index contributed by atoms with van der Waals surface area (Å²) in [6, 6.07) is 16.6. The third-order valence-corrected chi connectivity index (χ3v) is 3.29. The summed E-state index contributed by atoms with van der Waals surface area (Å²) in [6.45, 7) is 3.43. The van der Waals surface area contributed by atoms with Crippen LogP contribution in [-0.4, -0.2) is 15.9 Å². The highest BCUT2D eigenvalue weighted by atomic mass is 16.5. The van der Waals surface area contributed by atoms with Gasteiger partial charge in [0.15, 0.2) is 0 Å². The van der Waals surface area contributed by atoms with E-state index in [0.717, 1.165) is 5.56 Å². The quantitative estimate of drug-likeness (QED) is 0.579. The Kier molecular flexibility index (Phi) is 5.38. The van der Waals surface area contributed by atoms with Crippen LogP contribution in [0.4, 0.5) is 5.69 Å². The van der Waals surface area contributed by atoms with Gasteiger partial charge in [-0.15, -0.1) is 0 Å². The molecule has 1 N–H and O–H groups in total. The van der Waals surface area contributed by atoms with Gasteiger partial charge in [0.05, 0.1) is 0 Å². The van der Waals surface area contributed by atoms with Crippen molar-refractivity contribution in [2.24, 2.45) is 0 Å². The molecule has 0 radical (unpaired) electrons. The summed E-state index contributed by atoms with van der Waals surface area (Å²) in [4.78, 5) is 19.6. The Labute approximate surface area is 151 Å². The zero-order chi connectivity index (χ0) is 18.2. The minimum absolute atomic E-state index is 0.293. The fraction of sp³-hybridized carbons (Fsp3) is 0. The van der Waals surface area contributed by atoms with Crippen LogP contribution >= 0.6 is 0 Å². The number of amides is 1. The summed E-state index contributed by atoms with van der Waals surface area (Å²) in [5.41, 5.74) is 2.05. The lowest BCUT2D eigenvalue weighted by Gasteiger charge is -2.08. The number of nitrogens with zero attached hydrogens (tertiary/aromatic N) is 2. The Morgan fingerprint density at radius 3 is 2.77 bits per heavy atom. The molecule has 1 heterocycles. The molecule has 0 bridgehead atoms. The van der Waals surface area contributed by atoms with E-state index in [4.69, 9.17) is 4.74 Å². The van der Waals surface area contributed by atoms with Crippen molar-refractivity contribution >= 4 is 11.6 Å². The molecular formula is C21H15N3O2. The summed E-state index contributed by atoms with van der Waals surface area (Å²) < 4.78 is 5.82. The van der Waals surface area contributed by atoms with Crippen molar-refractivity contribution < 1.29 is 9.53 Å². The van der Waals surface area contributed by atoms with E-state index in [1.165, 1.54) is 12.4 Å². The molecule has 5 heteroatoms. The van der Waals surface area contributed by atoms with Gasteiger partial charge in [0.25, 0.3) is 0 Å². The first-order valence-electron chi connectivity index (χ1n) is 7.83. The normalized spacial score (nSPS) is 9.54. The molecule has 0 fully saturated rings. The second-order valence-electron chi connectivity index (χ2n) is 5.18. The van der Waals surface area contributed by atoms with Gasteiger partial charge >= 0.3 is 0 Å². The Hall–Kier alpha value is -3.91. The molecule has 0 saturated carbocycles. The van der Waals surface area contributed by atoms with Gasteiger partial charge in [-0.2, -0.15) is 0 Å². The molecule has 0 atom stereocenters. The first-order valence-corrected chi connectivity index (χ1v) is 7.83. The highest BCUT2D eigenvalue weighted by Gasteiger charge is 2.06. The van der Waals surface area contributed by atoms with Gasteiger partial charge < -0.3 is 10.1 Å². The molecule has 0 aliphatic carbocycles. The van der Waals surface area contributed by atoms with Crippen LogP contribution in [0.2, 0.25) is 0 Å².